The second-order valence-corrected chi connectivity index (χ2v) is 4.63. The Morgan fingerprint density at radius 2 is 2.19 bits per heavy atom. The molecule has 2 unspecified atom stereocenters. The maximum atomic E-state index is 5.46. The van der Waals surface area contributed by atoms with E-state index in [0.29, 0.717) is 12.0 Å². The van der Waals surface area contributed by atoms with Crippen molar-refractivity contribution in [1.82, 2.24) is 5.32 Å². The first-order chi connectivity index (χ1) is 7.86. The molecule has 1 N–H and O–H groups in total. The Kier molecular flexibility index (Phi) is 4.37. The van der Waals surface area contributed by atoms with Gasteiger partial charge in [-0.05, 0) is 24.3 Å². The van der Waals surface area contributed by atoms with Crippen LogP contribution in [0.3, 0.4) is 0 Å². The molecule has 88 valence electrons. The minimum Gasteiger partial charge on any atom is -0.380 e. The summed E-state index contributed by atoms with van der Waals surface area (Å²) in [4.78, 5) is 0. The summed E-state index contributed by atoms with van der Waals surface area (Å²) in [6, 6.07) is 11.2. The lowest BCUT2D eigenvalue weighted by Gasteiger charge is -2.25. The van der Waals surface area contributed by atoms with E-state index in [1.807, 2.05) is 0 Å². The number of nitrogens with one attached hydrogen (secondary N) is 1. The summed E-state index contributed by atoms with van der Waals surface area (Å²) in [6.07, 6.45) is 2.44. The molecule has 0 radical (unpaired) electrons. The average molecular weight is 219 g/mol. The first-order valence-electron chi connectivity index (χ1n) is 6.22. The molecule has 1 fully saturated rings. The van der Waals surface area contributed by atoms with E-state index >= 15 is 0 Å². The zero-order valence-electron chi connectivity index (χ0n) is 9.99. The third-order valence-corrected chi connectivity index (χ3v) is 3.24. The van der Waals surface area contributed by atoms with Gasteiger partial charge in [0.05, 0.1) is 6.61 Å². The Morgan fingerprint density at radius 3 is 2.88 bits per heavy atom. The van der Waals surface area contributed by atoms with Crippen LogP contribution in [0.15, 0.2) is 30.3 Å². The lowest BCUT2D eigenvalue weighted by Crippen LogP contribution is -2.38. The third-order valence-electron chi connectivity index (χ3n) is 3.24. The predicted molar refractivity (Wildman–Crippen MR) is 66.7 cm³/mol. The Bertz CT molecular complexity index is 293. The molecule has 16 heavy (non-hydrogen) atoms. The first-order valence-corrected chi connectivity index (χ1v) is 6.22. The highest BCUT2D eigenvalue weighted by Crippen LogP contribution is 2.14. The summed E-state index contributed by atoms with van der Waals surface area (Å²) in [5.41, 5.74) is 1.41. The molecule has 0 aromatic heterocycles. The van der Waals surface area contributed by atoms with Gasteiger partial charge in [0.15, 0.2) is 0 Å². The van der Waals surface area contributed by atoms with E-state index < -0.39 is 0 Å². The van der Waals surface area contributed by atoms with Crippen LogP contribution in [0.25, 0.3) is 0 Å². The van der Waals surface area contributed by atoms with E-state index in [1.165, 1.54) is 18.4 Å². The number of benzene rings is 1. The maximum absolute atomic E-state index is 5.46. The van der Waals surface area contributed by atoms with Gasteiger partial charge in [-0.3, -0.25) is 0 Å². The summed E-state index contributed by atoms with van der Waals surface area (Å²) in [5, 5.41) is 3.59. The molecule has 2 rings (SSSR count). The Morgan fingerprint density at radius 1 is 1.38 bits per heavy atom. The quantitative estimate of drug-likeness (QED) is 0.840. The van der Waals surface area contributed by atoms with Gasteiger partial charge in [-0.1, -0.05) is 37.3 Å². The van der Waals surface area contributed by atoms with Crippen molar-refractivity contribution in [3.05, 3.63) is 35.9 Å². The van der Waals surface area contributed by atoms with Crippen molar-refractivity contribution in [3.8, 4) is 0 Å². The molecule has 2 nitrogen and oxygen atoms in total. The van der Waals surface area contributed by atoms with Crippen LogP contribution in [0, 0.1) is 0 Å². The van der Waals surface area contributed by atoms with E-state index in [0.717, 1.165) is 19.8 Å². The van der Waals surface area contributed by atoms with E-state index in [-0.39, 0.29) is 0 Å². The largest absolute Gasteiger partial charge is 0.380 e. The van der Waals surface area contributed by atoms with Gasteiger partial charge in [-0.15, -0.1) is 0 Å². The molecule has 0 saturated carbocycles. The summed E-state index contributed by atoms with van der Waals surface area (Å²) in [5.74, 6) is 0.572. The molecule has 2 atom stereocenters. The Hall–Kier alpha value is -0.860. The van der Waals surface area contributed by atoms with Crippen molar-refractivity contribution in [3.63, 3.8) is 0 Å². The van der Waals surface area contributed by atoms with Crippen LogP contribution in [0.4, 0.5) is 0 Å². The summed E-state index contributed by atoms with van der Waals surface area (Å²) < 4.78 is 5.46. The fourth-order valence-corrected chi connectivity index (χ4v) is 2.14. The summed E-state index contributed by atoms with van der Waals surface area (Å²) >= 11 is 0. The molecule has 0 amide bonds. The van der Waals surface area contributed by atoms with Crippen LogP contribution in [0.2, 0.25) is 0 Å². The minimum absolute atomic E-state index is 0.555. The first kappa shape index (κ1) is 11.6. The minimum atomic E-state index is 0.555. The number of rotatable bonds is 4. The van der Waals surface area contributed by atoms with Crippen LogP contribution in [0.5, 0.6) is 0 Å². The smallest absolute Gasteiger partial charge is 0.0619 e. The molecular formula is C14H21NO. The van der Waals surface area contributed by atoms with Gasteiger partial charge in [0.2, 0.25) is 0 Å². The molecule has 1 aliphatic rings. The van der Waals surface area contributed by atoms with Gasteiger partial charge in [0, 0.05) is 19.2 Å². The Labute approximate surface area is 98.0 Å². The molecule has 1 aromatic carbocycles. The standard InChI is InChI=1S/C14H21NO/c1-12(13-6-3-2-4-7-13)10-15-14-8-5-9-16-11-14/h2-4,6-7,12,14-15H,5,8-11H2,1H3. The van der Waals surface area contributed by atoms with Crippen molar-refractivity contribution < 1.29 is 4.74 Å². The second-order valence-electron chi connectivity index (χ2n) is 4.63. The molecule has 0 aliphatic carbocycles. The topological polar surface area (TPSA) is 21.3 Å². The van der Waals surface area contributed by atoms with Crippen LogP contribution in [-0.4, -0.2) is 25.8 Å². The molecule has 2 heteroatoms. The summed E-state index contributed by atoms with van der Waals surface area (Å²) in [7, 11) is 0. The van der Waals surface area contributed by atoms with Crippen molar-refractivity contribution in [2.75, 3.05) is 19.8 Å². The molecule has 0 spiro atoms. The predicted octanol–water partition coefficient (Wildman–Crippen LogP) is 2.56. The fraction of sp³-hybridized carbons (Fsp3) is 0.571. The zero-order chi connectivity index (χ0) is 11.2. The molecule has 1 saturated heterocycles. The maximum Gasteiger partial charge on any atom is 0.0619 e. The highest BCUT2D eigenvalue weighted by molar-refractivity contribution is 5.18. The van der Waals surface area contributed by atoms with Gasteiger partial charge in [-0.25, -0.2) is 0 Å². The van der Waals surface area contributed by atoms with Crippen molar-refractivity contribution in [2.45, 2.75) is 31.7 Å². The van der Waals surface area contributed by atoms with Crippen LogP contribution in [0.1, 0.15) is 31.2 Å². The molecule has 1 aliphatic heterocycles. The van der Waals surface area contributed by atoms with E-state index in [4.69, 9.17) is 4.74 Å². The molecule has 0 bridgehead atoms. The van der Waals surface area contributed by atoms with Gasteiger partial charge in [-0.2, -0.15) is 0 Å². The highest BCUT2D eigenvalue weighted by Gasteiger charge is 2.14. The van der Waals surface area contributed by atoms with Crippen molar-refractivity contribution in [1.29, 1.82) is 0 Å². The molecule has 1 heterocycles. The number of hydrogen-bond acceptors (Lipinski definition) is 2. The van der Waals surface area contributed by atoms with Gasteiger partial charge >= 0.3 is 0 Å². The van der Waals surface area contributed by atoms with Gasteiger partial charge in [0.25, 0.3) is 0 Å². The van der Waals surface area contributed by atoms with Gasteiger partial charge in [0.1, 0.15) is 0 Å². The van der Waals surface area contributed by atoms with Crippen molar-refractivity contribution in [2.24, 2.45) is 0 Å². The van der Waals surface area contributed by atoms with Crippen LogP contribution >= 0.6 is 0 Å². The summed E-state index contributed by atoms with van der Waals surface area (Å²) in [6.45, 7) is 5.12. The van der Waals surface area contributed by atoms with E-state index in [9.17, 15) is 0 Å². The average Bonchev–Trinajstić information content (AvgIpc) is 2.38. The SMILES string of the molecule is CC(CNC1CCCOC1)c1ccccc1. The monoisotopic (exact) mass is 219 g/mol. The van der Waals surface area contributed by atoms with Crippen LogP contribution < -0.4 is 5.32 Å². The lowest BCUT2D eigenvalue weighted by atomic mass is 10.0. The number of hydrogen-bond donors (Lipinski definition) is 1. The second kappa shape index (κ2) is 6.02. The third kappa shape index (κ3) is 3.32. The number of ether oxygens (including phenoxy) is 1. The van der Waals surface area contributed by atoms with E-state index in [1.54, 1.807) is 0 Å². The van der Waals surface area contributed by atoms with Crippen LogP contribution in [-0.2, 0) is 4.74 Å². The molecule has 1 aromatic rings. The van der Waals surface area contributed by atoms with Crippen molar-refractivity contribution >= 4 is 0 Å². The van der Waals surface area contributed by atoms with Gasteiger partial charge < -0.3 is 10.1 Å². The zero-order valence-corrected chi connectivity index (χ0v) is 9.99. The Balaban J connectivity index is 1.77. The van der Waals surface area contributed by atoms with E-state index in [2.05, 4.69) is 42.6 Å². The highest BCUT2D eigenvalue weighted by atomic mass is 16.5. The normalized spacial score (nSPS) is 22.9. The fourth-order valence-electron chi connectivity index (χ4n) is 2.14. The lowest BCUT2D eigenvalue weighted by molar-refractivity contribution is 0.0702. The molecular weight excluding hydrogens is 198 g/mol.